The zero-order valence-corrected chi connectivity index (χ0v) is 20.6. The van der Waals surface area contributed by atoms with Gasteiger partial charge in [-0.2, -0.15) is 0 Å². The molecule has 3 rings (SSSR count). The molecule has 0 saturated carbocycles. The van der Waals surface area contributed by atoms with Crippen molar-refractivity contribution in [2.24, 2.45) is 0 Å². The summed E-state index contributed by atoms with van der Waals surface area (Å²) in [5.41, 5.74) is 1.54. The first-order chi connectivity index (χ1) is 15.8. The summed E-state index contributed by atoms with van der Waals surface area (Å²) in [5.74, 6) is 0.255. The molecule has 176 valence electrons. The second-order valence-electron chi connectivity index (χ2n) is 7.87. The van der Waals surface area contributed by atoms with Crippen molar-refractivity contribution in [1.82, 2.24) is 5.32 Å². The van der Waals surface area contributed by atoms with E-state index >= 15 is 0 Å². The number of para-hydroxylation sites is 2. The van der Waals surface area contributed by atoms with Gasteiger partial charge in [0.1, 0.15) is 17.3 Å². The van der Waals surface area contributed by atoms with Gasteiger partial charge >= 0.3 is 7.60 Å². The highest BCUT2D eigenvalue weighted by Gasteiger charge is 2.38. The smallest absolute Gasteiger partial charge is 0.415 e. The van der Waals surface area contributed by atoms with Crippen molar-refractivity contribution in [3.63, 3.8) is 0 Å². The van der Waals surface area contributed by atoms with Gasteiger partial charge in [-0.1, -0.05) is 74.0 Å². The van der Waals surface area contributed by atoms with Crippen LogP contribution in [0.15, 0.2) is 84.9 Å². The molecule has 1 atom stereocenters. The normalized spacial score (nSPS) is 12.8. The Morgan fingerprint density at radius 1 is 0.818 bits per heavy atom. The Balaban J connectivity index is 1.89. The van der Waals surface area contributed by atoms with E-state index in [1.165, 1.54) is 6.26 Å². The van der Waals surface area contributed by atoms with Gasteiger partial charge in [-0.25, -0.2) is 13.0 Å². The summed E-state index contributed by atoms with van der Waals surface area (Å²) in [5, 5.41) is 3.34. The van der Waals surface area contributed by atoms with E-state index in [1.54, 1.807) is 30.3 Å². The molecular weight excluding hydrogens is 457 g/mol. The number of sulfone groups is 1. The highest BCUT2D eigenvalue weighted by molar-refractivity contribution is 7.89. The molecule has 3 aromatic rings. The van der Waals surface area contributed by atoms with Crippen molar-refractivity contribution in [3.8, 4) is 11.5 Å². The quantitative estimate of drug-likeness (QED) is 0.325. The molecular formula is C25H30NO5PS. The Labute approximate surface area is 196 Å². The van der Waals surface area contributed by atoms with Crippen LogP contribution in [0.2, 0.25) is 0 Å². The monoisotopic (exact) mass is 487 g/mol. The van der Waals surface area contributed by atoms with Crippen LogP contribution in [0.25, 0.3) is 0 Å². The third kappa shape index (κ3) is 7.74. The van der Waals surface area contributed by atoms with Gasteiger partial charge in [-0.3, -0.25) is 5.32 Å². The summed E-state index contributed by atoms with van der Waals surface area (Å²) >= 11 is 0. The minimum absolute atomic E-state index is 0.0536. The zero-order valence-electron chi connectivity index (χ0n) is 18.9. The van der Waals surface area contributed by atoms with Crippen molar-refractivity contribution < 1.29 is 22.0 Å². The predicted octanol–water partition coefficient (Wildman–Crippen LogP) is 5.80. The minimum Gasteiger partial charge on any atom is -0.415 e. The number of nitrogens with one attached hydrogen (secondary N) is 1. The molecule has 33 heavy (non-hydrogen) atoms. The van der Waals surface area contributed by atoms with Gasteiger partial charge < -0.3 is 9.05 Å². The summed E-state index contributed by atoms with van der Waals surface area (Å²) in [7, 11) is -6.90. The van der Waals surface area contributed by atoms with Crippen LogP contribution in [0.5, 0.6) is 11.5 Å². The number of hydrogen-bond donors (Lipinski definition) is 1. The van der Waals surface area contributed by atoms with E-state index in [-0.39, 0.29) is 5.75 Å². The van der Waals surface area contributed by atoms with E-state index in [4.69, 9.17) is 9.05 Å². The minimum atomic E-state index is -3.71. The van der Waals surface area contributed by atoms with Crippen LogP contribution in [-0.2, 0) is 26.7 Å². The molecule has 1 unspecified atom stereocenters. The Hall–Kier alpha value is -2.60. The van der Waals surface area contributed by atoms with E-state index in [0.29, 0.717) is 30.0 Å². The molecule has 3 aromatic carbocycles. The van der Waals surface area contributed by atoms with E-state index in [2.05, 4.69) is 5.32 Å². The first kappa shape index (κ1) is 25.0. The van der Waals surface area contributed by atoms with Crippen LogP contribution in [-0.4, -0.2) is 20.5 Å². The Kier molecular flexibility index (Phi) is 8.73. The lowest BCUT2D eigenvalue weighted by molar-refractivity contribution is 0.353. The average molecular weight is 488 g/mol. The predicted molar refractivity (Wildman–Crippen MR) is 132 cm³/mol. The van der Waals surface area contributed by atoms with Crippen LogP contribution >= 0.6 is 7.60 Å². The average Bonchev–Trinajstić information content (AvgIpc) is 2.78. The molecule has 0 aliphatic heterocycles. The van der Waals surface area contributed by atoms with E-state index in [9.17, 15) is 13.0 Å². The zero-order chi connectivity index (χ0) is 23.7. The van der Waals surface area contributed by atoms with Gasteiger partial charge in [-0.15, -0.1) is 0 Å². The number of benzene rings is 3. The first-order valence-corrected chi connectivity index (χ1v) is 14.5. The molecule has 0 radical (unpaired) electrons. The third-order valence-electron chi connectivity index (χ3n) is 4.96. The molecule has 0 heterocycles. The Bertz CT molecular complexity index is 1120. The van der Waals surface area contributed by atoms with Crippen LogP contribution in [0.4, 0.5) is 0 Å². The van der Waals surface area contributed by atoms with E-state index in [0.717, 1.165) is 12.0 Å². The van der Waals surface area contributed by atoms with Gasteiger partial charge in [0.25, 0.3) is 0 Å². The molecule has 0 fully saturated rings. The molecule has 6 nitrogen and oxygen atoms in total. The number of hydrogen-bond acceptors (Lipinski definition) is 6. The van der Waals surface area contributed by atoms with E-state index < -0.39 is 23.2 Å². The summed E-state index contributed by atoms with van der Waals surface area (Å²) in [6.45, 7) is 2.33. The van der Waals surface area contributed by atoms with Crippen molar-refractivity contribution in [1.29, 1.82) is 0 Å². The lowest BCUT2D eigenvalue weighted by Gasteiger charge is -2.28. The van der Waals surface area contributed by atoms with Crippen LogP contribution in [0, 0.1) is 0 Å². The van der Waals surface area contributed by atoms with Gasteiger partial charge in [0, 0.05) is 12.8 Å². The SMILES string of the molecule is CCCC(NCc1ccccc1CS(C)(=O)=O)P(=O)(Oc1ccccc1)Oc1ccccc1. The lowest BCUT2D eigenvalue weighted by atomic mass is 10.1. The maximum absolute atomic E-state index is 14.2. The van der Waals surface area contributed by atoms with Gasteiger partial charge in [-0.05, 0) is 41.8 Å². The molecule has 0 spiro atoms. The summed E-state index contributed by atoms with van der Waals surface area (Å²) in [4.78, 5) is 0. The molecule has 8 heteroatoms. The molecule has 0 bridgehead atoms. The maximum Gasteiger partial charge on any atom is 0.447 e. The molecule has 0 aromatic heterocycles. The van der Waals surface area contributed by atoms with Crippen LogP contribution < -0.4 is 14.4 Å². The molecule has 0 amide bonds. The highest BCUT2D eigenvalue weighted by Crippen LogP contribution is 2.53. The second kappa shape index (κ2) is 11.5. The van der Waals surface area contributed by atoms with E-state index in [1.807, 2.05) is 61.5 Å². The van der Waals surface area contributed by atoms with Gasteiger partial charge in [0.05, 0.1) is 5.75 Å². The van der Waals surface area contributed by atoms with Crippen LogP contribution in [0.3, 0.4) is 0 Å². The van der Waals surface area contributed by atoms with Crippen molar-refractivity contribution >= 4 is 17.4 Å². The second-order valence-corrected chi connectivity index (χ2v) is 12.1. The topological polar surface area (TPSA) is 81.7 Å². The van der Waals surface area contributed by atoms with Crippen molar-refractivity contribution in [2.75, 3.05) is 6.26 Å². The van der Waals surface area contributed by atoms with Crippen molar-refractivity contribution in [3.05, 3.63) is 96.1 Å². The number of rotatable bonds is 12. The van der Waals surface area contributed by atoms with Crippen molar-refractivity contribution in [2.45, 2.75) is 37.8 Å². The molecule has 0 aliphatic rings. The summed E-state index contributed by atoms with van der Waals surface area (Å²) in [6, 6.07) is 25.3. The fourth-order valence-electron chi connectivity index (χ4n) is 3.43. The molecule has 1 N–H and O–H groups in total. The van der Waals surface area contributed by atoms with Crippen LogP contribution in [0.1, 0.15) is 30.9 Å². The van der Waals surface area contributed by atoms with Gasteiger partial charge in [0.2, 0.25) is 0 Å². The fourth-order valence-corrected chi connectivity index (χ4v) is 6.29. The highest BCUT2D eigenvalue weighted by atomic mass is 32.2. The largest absolute Gasteiger partial charge is 0.447 e. The Morgan fingerprint density at radius 2 is 1.30 bits per heavy atom. The Morgan fingerprint density at radius 3 is 1.79 bits per heavy atom. The molecule has 0 saturated heterocycles. The fraction of sp³-hybridized carbons (Fsp3) is 0.280. The first-order valence-electron chi connectivity index (χ1n) is 10.9. The standard InChI is InChI=1S/C25H30NO5PS/c1-3-12-25(26-19-21-13-10-11-14-22(21)20-33(2,28)29)32(27,30-23-15-6-4-7-16-23)31-24-17-8-5-9-18-24/h4-11,13-18,25-26H,3,12,19-20H2,1-2H3. The lowest BCUT2D eigenvalue weighted by Crippen LogP contribution is -2.32. The summed E-state index contributed by atoms with van der Waals surface area (Å²) < 4.78 is 49.9. The summed E-state index contributed by atoms with van der Waals surface area (Å²) in [6.07, 6.45) is 2.51. The molecule has 0 aliphatic carbocycles. The third-order valence-corrected chi connectivity index (χ3v) is 7.93. The maximum atomic E-state index is 14.2. The van der Waals surface area contributed by atoms with Gasteiger partial charge in [0.15, 0.2) is 9.84 Å².